The van der Waals surface area contributed by atoms with Gasteiger partial charge in [-0.3, -0.25) is 0 Å². The number of hydrogen-bond acceptors (Lipinski definition) is 4. The minimum atomic E-state index is -3.82. The van der Waals surface area contributed by atoms with Crippen molar-refractivity contribution >= 4 is 35.7 Å². The van der Waals surface area contributed by atoms with Gasteiger partial charge in [-0.25, -0.2) is 8.42 Å². The lowest BCUT2D eigenvalue weighted by Crippen LogP contribution is -2.11. The molecule has 1 atom stereocenters. The lowest BCUT2D eigenvalue weighted by Gasteiger charge is -2.12. The quantitative estimate of drug-likeness (QED) is 0.747. The molecule has 2 rings (SSSR count). The van der Waals surface area contributed by atoms with Crippen LogP contribution in [-0.4, -0.2) is 27.7 Å². The topological polar surface area (TPSA) is 52.6 Å². The summed E-state index contributed by atoms with van der Waals surface area (Å²) in [5.41, 5.74) is 0. The third kappa shape index (κ3) is 4.34. The van der Waals surface area contributed by atoms with E-state index in [1.807, 2.05) is 0 Å². The summed E-state index contributed by atoms with van der Waals surface area (Å²) in [5, 5.41) is 0. The number of halogens is 2. The first kappa shape index (κ1) is 15.1. The van der Waals surface area contributed by atoms with Crippen LogP contribution in [0, 0.1) is 0 Å². The van der Waals surface area contributed by atoms with Crippen LogP contribution < -0.4 is 4.74 Å². The normalized spacial score (nSPS) is 19.6. The lowest BCUT2D eigenvalue weighted by molar-refractivity contribution is 0.0899. The number of benzene rings is 1. The van der Waals surface area contributed by atoms with Gasteiger partial charge in [-0.1, -0.05) is 15.9 Å². The van der Waals surface area contributed by atoms with Crippen molar-refractivity contribution in [2.45, 2.75) is 30.3 Å². The molecule has 0 aliphatic carbocycles. The van der Waals surface area contributed by atoms with Gasteiger partial charge in [0.25, 0.3) is 9.05 Å². The van der Waals surface area contributed by atoms with Crippen LogP contribution in [0.2, 0.25) is 0 Å². The highest BCUT2D eigenvalue weighted by molar-refractivity contribution is 9.10. The molecule has 0 amide bonds. The second-order valence-electron chi connectivity index (χ2n) is 4.30. The van der Waals surface area contributed by atoms with Gasteiger partial charge in [0.15, 0.2) is 0 Å². The minimum Gasteiger partial charge on any atom is -0.492 e. The monoisotopic (exact) mass is 368 g/mol. The van der Waals surface area contributed by atoms with Crippen LogP contribution >= 0.6 is 26.6 Å². The van der Waals surface area contributed by atoms with Gasteiger partial charge in [0, 0.05) is 28.2 Å². The fourth-order valence-corrected chi connectivity index (χ4v) is 3.47. The van der Waals surface area contributed by atoms with Crippen LogP contribution in [0.3, 0.4) is 0 Å². The Morgan fingerprint density at radius 3 is 2.89 bits per heavy atom. The van der Waals surface area contributed by atoms with E-state index in [-0.39, 0.29) is 16.7 Å². The molecule has 106 valence electrons. The first-order valence-corrected chi connectivity index (χ1v) is 9.05. The molecule has 19 heavy (non-hydrogen) atoms. The van der Waals surface area contributed by atoms with Gasteiger partial charge < -0.3 is 9.47 Å². The van der Waals surface area contributed by atoms with Crippen molar-refractivity contribution < 1.29 is 17.9 Å². The molecular formula is C12H14BrClO4S. The van der Waals surface area contributed by atoms with Gasteiger partial charge in [-0.15, -0.1) is 0 Å². The predicted octanol–water partition coefficient (Wildman–Crippen LogP) is 3.32. The Kier molecular flexibility index (Phi) is 5.11. The molecule has 7 heteroatoms. The Morgan fingerprint density at radius 1 is 1.47 bits per heavy atom. The lowest BCUT2D eigenvalue weighted by atomic mass is 10.2. The van der Waals surface area contributed by atoms with Gasteiger partial charge >= 0.3 is 0 Å². The van der Waals surface area contributed by atoms with Crippen LogP contribution in [0.1, 0.15) is 19.3 Å². The molecule has 0 spiro atoms. The van der Waals surface area contributed by atoms with Crippen molar-refractivity contribution in [1.82, 2.24) is 0 Å². The molecule has 1 saturated heterocycles. The fourth-order valence-electron chi connectivity index (χ4n) is 1.96. The zero-order valence-electron chi connectivity index (χ0n) is 10.1. The van der Waals surface area contributed by atoms with E-state index < -0.39 is 9.05 Å². The second-order valence-corrected chi connectivity index (χ2v) is 7.75. The molecule has 1 aromatic carbocycles. The number of rotatable bonds is 5. The van der Waals surface area contributed by atoms with Crippen molar-refractivity contribution in [3.63, 3.8) is 0 Å². The SMILES string of the molecule is O=S(=O)(Cl)c1cc(Br)ccc1OCCC1CCCO1. The van der Waals surface area contributed by atoms with Crippen molar-refractivity contribution in [1.29, 1.82) is 0 Å². The predicted molar refractivity (Wildman–Crippen MR) is 76.3 cm³/mol. The molecule has 0 bridgehead atoms. The van der Waals surface area contributed by atoms with Crippen LogP contribution in [-0.2, 0) is 13.8 Å². The highest BCUT2D eigenvalue weighted by Crippen LogP contribution is 2.30. The molecule has 0 saturated carbocycles. The fraction of sp³-hybridized carbons (Fsp3) is 0.500. The number of ether oxygens (including phenoxy) is 2. The smallest absolute Gasteiger partial charge is 0.265 e. The first-order chi connectivity index (χ1) is 8.97. The zero-order chi connectivity index (χ0) is 13.9. The molecule has 1 aromatic rings. The zero-order valence-corrected chi connectivity index (χ0v) is 13.3. The standard InChI is InChI=1S/C12H14BrClO4S/c13-9-3-4-11(12(8-9)19(14,15)16)18-7-5-10-2-1-6-17-10/h3-4,8,10H,1-2,5-7H2. The molecule has 4 nitrogen and oxygen atoms in total. The van der Waals surface area contributed by atoms with Gasteiger partial charge in [0.2, 0.25) is 0 Å². The van der Waals surface area contributed by atoms with Gasteiger partial charge in [0.05, 0.1) is 12.7 Å². The van der Waals surface area contributed by atoms with E-state index >= 15 is 0 Å². The van der Waals surface area contributed by atoms with E-state index in [1.165, 1.54) is 6.07 Å². The summed E-state index contributed by atoms with van der Waals surface area (Å²) >= 11 is 3.21. The maximum atomic E-state index is 11.5. The van der Waals surface area contributed by atoms with E-state index in [4.69, 9.17) is 20.2 Å². The molecule has 1 fully saturated rings. The van der Waals surface area contributed by atoms with Gasteiger partial charge in [-0.05, 0) is 31.0 Å². The molecule has 1 aliphatic heterocycles. The largest absolute Gasteiger partial charge is 0.492 e. The van der Waals surface area contributed by atoms with Crippen LogP contribution in [0.25, 0.3) is 0 Å². The summed E-state index contributed by atoms with van der Waals surface area (Å²) in [6.45, 7) is 1.20. The molecule has 1 aliphatic rings. The van der Waals surface area contributed by atoms with Crippen LogP contribution in [0.4, 0.5) is 0 Å². The third-order valence-corrected chi connectivity index (χ3v) is 4.73. The average Bonchev–Trinajstić information content (AvgIpc) is 2.83. The summed E-state index contributed by atoms with van der Waals surface area (Å²) in [6, 6.07) is 4.74. The van der Waals surface area contributed by atoms with Crippen molar-refractivity contribution in [2.75, 3.05) is 13.2 Å². The molecule has 0 aromatic heterocycles. The van der Waals surface area contributed by atoms with E-state index in [9.17, 15) is 8.42 Å². The Morgan fingerprint density at radius 2 is 2.26 bits per heavy atom. The minimum absolute atomic E-state index is 0.0177. The average molecular weight is 370 g/mol. The molecule has 0 N–H and O–H groups in total. The first-order valence-electron chi connectivity index (χ1n) is 5.95. The van der Waals surface area contributed by atoms with E-state index in [0.29, 0.717) is 11.1 Å². The summed E-state index contributed by atoms with van der Waals surface area (Å²) in [7, 11) is 1.57. The summed E-state index contributed by atoms with van der Waals surface area (Å²) < 4.78 is 34.6. The molecular weight excluding hydrogens is 356 g/mol. The van der Waals surface area contributed by atoms with Gasteiger partial charge in [-0.2, -0.15) is 0 Å². The summed E-state index contributed by atoms with van der Waals surface area (Å²) in [6.07, 6.45) is 3.07. The summed E-state index contributed by atoms with van der Waals surface area (Å²) in [4.78, 5) is -0.0177. The van der Waals surface area contributed by atoms with Crippen molar-refractivity contribution in [2.24, 2.45) is 0 Å². The van der Waals surface area contributed by atoms with Gasteiger partial charge in [0.1, 0.15) is 10.6 Å². The Balaban J connectivity index is 2.03. The molecule has 1 heterocycles. The molecule has 1 unspecified atom stereocenters. The van der Waals surface area contributed by atoms with Crippen molar-refractivity contribution in [3.8, 4) is 5.75 Å². The van der Waals surface area contributed by atoms with Crippen molar-refractivity contribution in [3.05, 3.63) is 22.7 Å². The Hall–Kier alpha value is -0.300. The van der Waals surface area contributed by atoms with E-state index in [2.05, 4.69) is 15.9 Å². The highest BCUT2D eigenvalue weighted by Gasteiger charge is 2.19. The highest BCUT2D eigenvalue weighted by atomic mass is 79.9. The Bertz CT molecular complexity index is 541. The second kappa shape index (κ2) is 6.43. The van der Waals surface area contributed by atoms with E-state index in [1.54, 1.807) is 12.1 Å². The van der Waals surface area contributed by atoms with E-state index in [0.717, 1.165) is 25.9 Å². The van der Waals surface area contributed by atoms with Crippen LogP contribution in [0.5, 0.6) is 5.75 Å². The third-order valence-electron chi connectivity index (χ3n) is 2.89. The van der Waals surface area contributed by atoms with Crippen LogP contribution in [0.15, 0.2) is 27.6 Å². The number of hydrogen-bond donors (Lipinski definition) is 0. The maximum Gasteiger partial charge on any atom is 0.265 e. The summed E-state index contributed by atoms with van der Waals surface area (Å²) in [5.74, 6) is 0.274. The maximum absolute atomic E-state index is 11.5. The molecule has 0 radical (unpaired) electrons. The Labute approximate surface area is 125 Å².